The largest absolute Gasteiger partial charge is 0.150 e. The summed E-state index contributed by atoms with van der Waals surface area (Å²) in [5, 5.41) is 3.23. The molecule has 0 spiro atoms. The molecule has 0 aromatic heterocycles. The monoisotopic (exact) mass is 355 g/mol. The maximum absolute atomic E-state index is 10.8. The number of nitroso groups, excluding NO2 is 1. The van der Waals surface area contributed by atoms with Crippen molar-refractivity contribution in [3.63, 3.8) is 0 Å². The molecule has 3 fully saturated rings. The van der Waals surface area contributed by atoms with E-state index in [0.717, 1.165) is 12.8 Å². The van der Waals surface area contributed by atoms with Crippen molar-refractivity contribution >= 4 is 43.5 Å². The summed E-state index contributed by atoms with van der Waals surface area (Å²) >= 11 is 13.8. The second-order valence-corrected chi connectivity index (χ2v) is 7.78. The minimum Gasteiger partial charge on any atom is -0.150 e. The summed E-state index contributed by atoms with van der Waals surface area (Å²) in [6, 6.07) is -0.129. The molecule has 0 aromatic carbocycles. The molecule has 8 atom stereocenters. The molecule has 3 aliphatic rings. The van der Waals surface area contributed by atoms with Gasteiger partial charge in [0.25, 0.3) is 0 Å². The summed E-state index contributed by atoms with van der Waals surface area (Å²) in [7, 11) is 0. The van der Waals surface area contributed by atoms with E-state index in [0.29, 0.717) is 33.3 Å². The first-order chi connectivity index (χ1) is 7.15. The van der Waals surface area contributed by atoms with Crippen molar-refractivity contribution in [3.8, 4) is 0 Å². The molecule has 0 N–H and O–H groups in total. The van der Waals surface area contributed by atoms with Gasteiger partial charge in [0.05, 0.1) is 5.38 Å². The van der Waals surface area contributed by atoms with Gasteiger partial charge in [0.2, 0.25) is 0 Å². The average molecular weight is 357 g/mol. The summed E-state index contributed by atoms with van der Waals surface area (Å²) < 4.78 is 0. The van der Waals surface area contributed by atoms with E-state index in [1.807, 2.05) is 0 Å². The van der Waals surface area contributed by atoms with Gasteiger partial charge >= 0.3 is 0 Å². The molecule has 2 bridgehead atoms. The van der Waals surface area contributed by atoms with Crippen molar-refractivity contribution in [2.75, 3.05) is 0 Å². The Balaban J connectivity index is 1.91. The van der Waals surface area contributed by atoms with Crippen LogP contribution in [0.2, 0.25) is 0 Å². The Kier molecular flexibility index (Phi) is 2.69. The predicted molar refractivity (Wildman–Crippen MR) is 67.8 cm³/mol. The van der Waals surface area contributed by atoms with Crippen molar-refractivity contribution in [1.82, 2.24) is 0 Å². The minimum absolute atomic E-state index is 0.0217. The average Bonchev–Trinajstić information content (AvgIpc) is 2.79. The van der Waals surface area contributed by atoms with Gasteiger partial charge in [-0.2, -0.15) is 4.91 Å². The maximum Gasteiger partial charge on any atom is 0.112 e. The molecule has 0 unspecified atom stereocenters. The molecule has 0 aromatic rings. The van der Waals surface area contributed by atoms with Crippen LogP contribution < -0.4 is 0 Å². The van der Waals surface area contributed by atoms with Gasteiger partial charge in [-0.15, -0.1) is 11.6 Å². The topological polar surface area (TPSA) is 29.4 Å². The highest BCUT2D eigenvalue weighted by Crippen LogP contribution is 2.63. The predicted octanol–water partition coefficient (Wildman–Crippen LogP) is 3.54. The number of nitrogens with zero attached hydrogens (tertiary/aromatic N) is 1. The molecule has 3 aliphatic carbocycles. The summed E-state index contributed by atoms with van der Waals surface area (Å²) in [6.45, 7) is 0. The van der Waals surface area contributed by atoms with Crippen LogP contribution in [0.5, 0.6) is 0 Å². The smallest absolute Gasteiger partial charge is 0.112 e. The quantitative estimate of drug-likeness (QED) is 0.521. The Labute approximate surface area is 111 Å². The number of halogens is 3. The van der Waals surface area contributed by atoms with Crippen molar-refractivity contribution in [1.29, 1.82) is 0 Å². The fourth-order valence-corrected chi connectivity index (χ4v) is 6.33. The van der Waals surface area contributed by atoms with Gasteiger partial charge in [0, 0.05) is 9.65 Å². The van der Waals surface area contributed by atoms with Gasteiger partial charge < -0.3 is 0 Å². The van der Waals surface area contributed by atoms with Crippen LogP contribution in [0.25, 0.3) is 0 Å². The van der Waals surface area contributed by atoms with Crippen LogP contribution in [0.1, 0.15) is 12.8 Å². The molecule has 0 amide bonds. The fourth-order valence-electron chi connectivity index (χ4n) is 4.05. The van der Waals surface area contributed by atoms with E-state index in [1.165, 1.54) is 0 Å². The van der Waals surface area contributed by atoms with Gasteiger partial charge in [0.15, 0.2) is 0 Å². The third kappa shape index (κ3) is 1.34. The first kappa shape index (κ1) is 11.0. The molecule has 0 saturated heterocycles. The van der Waals surface area contributed by atoms with E-state index in [4.69, 9.17) is 11.6 Å². The highest BCUT2D eigenvalue weighted by Gasteiger charge is 2.63. The van der Waals surface area contributed by atoms with Crippen LogP contribution >= 0.6 is 43.5 Å². The zero-order valence-corrected chi connectivity index (χ0v) is 12.0. The number of fused-ring (bicyclic) bond motifs is 5. The van der Waals surface area contributed by atoms with E-state index < -0.39 is 0 Å². The minimum atomic E-state index is -0.129. The molecule has 84 valence electrons. The summed E-state index contributed by atoms with van der Waals surface area (Å²) in [4.78, 5) is 11.9. The van der Waals surface area contributed by atoms with Crippen LogP contribution in [0.4, 0.5) is 0 Å². The van der Waals surface area contributed by atoms with Crippen molar-refractivity contribution in [2.24, 2.45) is 28.8 Å². The van der Waals surface area contributed by atoms with Gasteiger partial charge in [-0.05, 0) is 36.5 Å². The van der Waals surface area contributed by atoms with Gasteiger partial charge in [-0.1, -0.05) is 37.0 Å². The second kappa shape index (κ2) is 3.67. The first-order valence-electron chi connectivity index (χ1n) is 5.40. The standard InChI is InChI=1S/C10H12Br2ClNO/c11-6-2-3-4-1-5(7(3)8(6)12)9(13)10(4)14-15/h3-10H,1-2H2/t3-,4+,5-,6+,7+,8+,9+,10-/m1/s1. The first-order valence-corrected chi connectivity index (χ1v) is 7.66. The third-order valence-electron chi connectivity index (χ3n) is 4.59. The van der Waals surface area contributed by atoms with Crippen LogP contribution in [0.3, 0.4) is 0 Å². The SMILES string of the molecule is O=N[C@H]1[C@@H](Cl)[C@@H]2C[C@H]1[C@H]1C[C@H](Br)[C@H](Br)[C@@H]12. The zero-order chi connectivity index (χ0) is 10.7. The molecule has 5 heteroatoms. The Hall–Kier alpha value is 0.850. The van der Waals surface area contributed by atoms with Gasteiger partial charge in [-0.25, -0.2) is 0 Å². The van der Waals surface area contributed by atoms with E-state index in [9.17, 15) is 4.91 Å². The summed E-state index contributed by atoms with van der Waals surface area (Å²) in [5.41, 5.74) is 0. The Bertz CT molecular complexity index is 301. The highest BCUT2D eigenvalue weighted by atomic mass is 79.9. The van der Waals surface area contributed by atoms with Crippen LogP contribution in [0.15, 0.2) is 5.18 Å². The third-order valence-corrected chi connectivity index (χ3v) is 8.07. The van der Waals surface area contributed by atoms with Gasteiger partial charge in [0.1, 0.15) is 6.04 Å². The number of alkyl halides is 3. The lowest BCUT2D eigenvalue weighted by atomic mass is 9.79. The number of hydrogen-bond acceptors (Lipinski definition) is 2. The van der Waals surface area contributed by atoms with Gasteiger partial charge in [-0.3, -0.25) is 0 Å². The van der Waals surface area contributed by atoms with Crippen molar-refractivity contribution in [2.45, 2.75) is 33.9 Å². The molecular weight excluding hydrogens is 345 g/mol. The van der Waals surface area contributed by atoms with E-state index >= 15 is 0 Å². The summed E-state index contributed by atoms with van der Waals surface area (Å²) in [5.74, 6) is 2.25. The molecule has 0 heterocycles. The molecule has 15 heavy (non-hydrogen) atoms. The van der Waals surface area contributed by atoms with Crippen molar-refractivity contribution in [3.05, 3.63) is 4.91 Å². The lowest BCUT2D eigenvalue weighted by Crippen LogP contribution is -2.38. The van der Waals surface area contributed by atoms with Crippen LogP contribution in [-0.4, -0.2) is 21.1 Å². The van der Waals surface area contributed by atoms with Crippen LogP contribution in [0, 0.1) is 28.6 Å². The molecule has 0 radical (unpaired) electrons. The summed E-state index contributed by atoms with van der Waals surface area (Å²) in [6.07, 6.45) is 2.28. The number of hydrogen-bond donors (Lipinski definition) is 0. The molecule has 3 rings (SSSR count). The molecular formula is C10H12Br2ClNO. The maximum atomic E-state index is 10.8. The highest BCUT2D eigenvalue weighted by molar-refractivity contribution is 9.12. The zero-order valence-electron chi connectivity index (χ0n) is 8.02. The van der Waals surface area contributed by atoms with Crippen molar-refractivity contribution < 1.29 is 0 Å². The Morgan fingerprint density at radius 3 is 2.53 bits per heavy atom. The molecule has 2 nitrogen and oxygen atoms in total. The normalized spacial score (nSPS) is 62.1. The van der Waals surface area contributed by atoms with Crippen LogP contribution in [-0.2, 0) is 0 Å². The molecule has 3 saturated carbocycles. The van der Waals surface area contributed by atoms with E-state index in [1.54, 1.807) is 0 Å². The van der Waals surface area contributed by atoms with E-state index in [-0.39, 0.29) is 11.4 Å². The Morgan fingerprint density at radius 2 is 1.87 bits per heavy atom. The molecule has 0 aliphatic heterocycles. The fraction of sp³-hybridized carbons (Fsp3) is 1.00. The van der Waals surface area contributed by atoms with E-state index in [2.05, 4.69) is 37.0 Å². The number of rotatable bonds is 1. The Morgan fingerprint density at radius 1 is 1.13 bits per heavy atom. The lowest BCUT2D eigenvalue weighted by molar-refractivity contribution is 0.242. The second-order valence-electron chi connectivity index (χ2n) is 5.04. The lowest BCUT2D eigenvalue weighted by Gasteiger charge is -2.32.